The molecule has 0 aliphatic carbocycles. The number of aryl methyl sites for hydroxylation is 1. The van der Waals surface area contributed by atoms with E-state index in [2.05, 4.69) is 10.3 Å². The number of para-hydroxylation sites is 1. The monoisotopic (exact) mass is 585 g/mol. The smallest absolute Gasteiger partial charge is 0.410 e. The lowest BCUT2D eigenvalue weighted by Gasteiger charge is -2.46. The molecule has 0 radical (unpaired) electrons. The van der Waals surface area contributed by atoms with Crippen LogP contribution in [0.15, 0.2) is 24.3 Å². The molecule has 0 spiro atoms. The molecule has 1 fully saturated rings. The van der Waals surface area contributed by atoms with Crippen LogP contribution in [-0.4, -0.2) is 92.9 Å². The molecule has 2 heterocycles. The van der Waals surface area contributed by atoms with Gasteiger partial charge in [0.2, 0.25) is 0 Å². The predicted octanol–water partition coefficient (Wildman–Crippen LogP) is 4.74. The van der Waals surface area contributed by atoms with E-state index in [-0.39, 0.29) is 37.0 Å². The maximum Gasteiger partial charge on any atom is 0.410 e. The molecular weight excluding hydrogens is 538 g/mol. The van der Waals surface area contributed by atoms with Gasteiger partial charge in [-0.15, -0.1) is 5.10 Å². The first kappa shape index (κ1) is 33.0. The van der Waals surface area contributed by atoms with Gasteiger partial charge in [-0.3, -0.25) is 9.59 Å². The normalized spacial score (nSPS) is 19.2. The van der Waals surface area contributed by atoms with Crippen LogP contribution < -0.4 is 0 Å². The summed E-state index contributed by atoms with van der Waals surface area (Å²) in [7, 11) is 1.66. The van der Waals surface area contributed by atoms with Crippen LogP contribution in [0.5, 0.6) is 0 Å². The van der Waals surface area contributed by atoms with Gasteiger partial charge in [-0.2, -0.15) is 0 Å². The van der Waals surface area contributed by atoms with E-state index in [4.69, 9.17) is 9.47 Å². The van der Waals surface area contributed by atoms with E-state index in [1.54, 1.807) is 44.4 Å². The second-order valence-corrected chi connectivity index (χ2v) is 13.0. The highest BCUT2D eigenvalue weighted by Crippen LogP contribution is 2.34. The largest absolute Gasteiger partial charge is 0.481 e. The first-order valence-electron chi connectivity index (χ1n) is 14.7. The van der Waals surface area contributed by atoms with Crippen molar-refractivity contribution >= 4 is 18.0 Å². The van der Waals surface area contributed by atoms with Crippen molar-refractivity contribution in [1.29, 1.82) is 0 Å². The summed E-state index contributed by atoms with van der Waals surface area (Å²) < 4.78 is 12.6. The zero-order valence-corrected chi connectivity index (χ0v) is 26.3. The van der Waals surface area contributed by atoms with E-state index in [1.807, 2.05) is 45.0 Å². The summed E-state index contributed by atoms with van der Waals surface area (Å²) in [5.41, 5.74) is 0.757. The number of likely N-dealkylation sites (tertiary alicyclic amines) is 1. The van der Waals surface area contributed by atoms with Gasteiger partial charge in [-0.1, -0.05) is 37.3 Å². The number of rotatable bonds is 11. The number of carbonyl (C=O) groups excluding carboxylic acids is 2. The molecule has 3 rings (SSSR count). The summed E-state index contributed by atoms with van der Waals surface area (Å²) in [6.07, 6.45) is 1.73. The van der Waals surface area contributed by atoms with Gasteiger partial charge in [0.25, 0.3) is 5.91 Å². The molecule has 1 aromatic heterocycles. The maximum atomic E-state index is 14.4. The number of piperidine rings is 1. The van der Waals surface area contributed by atoms with Gasteiger partial charge < -0.3 is 24.4 Å². The van der Waals surface area contributed by atoms with Gasteiger partial charge in [-0.25, -0.2) is 9.48 Å². The number of nitrogens with zero attached hydrogens (tertiary/aromatic N) is 5. The molecule has 1 N–H and O–H groups in total. The third kappa shape index (κ3) is 8.08. The van der Waals surface area contributed by atoms with Crippen molar-refractivity contribution in [3.63, 3.8) is 0 Å². The fraction of sp³-hybridized carbons (Fsp3) is 0.645. The standard InChI is InChI=1S/C31H47N5O6/c1-21(2)18-35(23-17-31(7,28(38)39)20-34(19-23)29(40)42-30(4,5)6)27(37)26-25(15-11-12-16-41-8)36(33-32-26)24-14-10-9-13-22(24)3/h9-10,13-14,21,23H,11-12,15-20H2,1-8H3,(H,38,39)/t23-,31+/m0/s1. The van der Waals surface area contributed by atoms with Crippen LogP contribution in [0, 0.1) is 18.3 Å². The molecule has 2 atom stereocenters. The molecule has 1 aromatic carbocycles. The number of carboxylic acid groups (broad SMARTS) is 1. The van der Waals surface area contributed by atoms with Crippen molar-refractivity contribution in [2.75, 3.05) is 33.4 Å². The summed E-state index contributed by atoms with van der Waals surface area (Å²) in [4.78, 5) is 43.1. The third-order valence-corrected chi connectivity index (χ3v) is 7.41. The highest BCUT2D eigenvalue weighted by Gasteiger charge is 2.47. The van der Waals surface area contributed by atoms with Crippen molar-refractivity contribution in [3.8, 4) is 5.69 Å². The summed E-state index contributed by atoms with van der Waals surface area (Å²) in [6, 6.07) is 7.24. The lowest BCUT2D eigenvalue weighted by atomic mass is 9.79. The van der Waals surface area contributed by atoms with Crippen LogP contribution in [0.4, 0.5) is 4.79 Å². The Kier molecular flexibility index (Phi) is 10.8. The Bertz CT molecular complexity index is 1250. The lowest BCUT2D eigenvalue weighted by molar-refractivity contribution is -0.152. The number of unbranched alkanes of at least 4 members (excludes halogenated alkanes) is 1. The van der Waals surface area contributed by atoms with Crippen LogP contribution in [0.1, 0.15) is 82.6 Å². The van der Waals surface area contributed by atoms with E-state index >= 15 is 0 Å². The number of hydrogen-bond acceptors (Lipinski definition) is 7. The van der Waals surface area contributed by atoms with Crippen molar-refractivity contribution < 1.29 is 29.0 Å². The zero-order valence-electron chi connectivity index (χ0n) is 26.3. The molecular formula is C31H47N5O6. The Balaban J connectivity index is 2.05. The number of carboxylic acids is 1. The van der Waals surface area contributed by atoms with Crippen LogP contribution >= 0.6 is 0 Å². The molecule has 0 bridgehead atoms. The van der Waals surface area contributed by atoms with Gasteiger partial charge in [0, 0.05) is 33.4 Å². The quantitative estimate of drug-likeness (QED) is 0.375. The Labute approximate surface area is 249 Å². The number of aromatic nitrogens is 3. The number of carbonyl (C=O) groups is 3. The first-order valence-corrected chi connectivity index (χ1v) is 14.7. The predicted molar refractivity (Wildman–Crippen MR) is 159 cm³/mol. The van der Waals surface area contributed by atoms with E-state index in [1.165, 1.54) is 4.90 Å². The van der Waals surface area contributed by atoms with Crippen LogP contribution in [0.3, 0.4) is 0 Å². The van der Waals surface area contributed by atoms with Crippen LogP contribution in [0.2, 0.25) is 0 Å². The summed E-state index contributed by atoms with van der Waals surface area (Å²) >= 11 is 0. The molecule has 0 unspecified atom stereocenters. The molecule has 1 aliphatic rings. The van der Waals surface area contributed by atoms with Gasteiger partial charge in [-0.05, 0) is 77.8 Å². The second kappa shape index (κ2) is 13.7. The Morgan fingerprint density at radius 2 is 1.88 bits per heavy atom. The highest BCUT2D eigenvalue weighted by molar-refractivity contribution is 5.94. The van der Waals surface area contributed by atoms with Gasteiger partial charge in [0.15, 0.2) is 5.69 Å². The molecule has 42 heavy (non-hydrogen) atoms. The van der Waals surface area contributed by atoms with Crippen molar-refractivity contribution in [2.24, 2.45) is 11.3 Å². The van der Waals surface area contributed by atoms with Crippen molar-refractivity contribution in [1.82, 2.24) is 24.8 Å². The Morgan fingerprint density at radius 3 is 2.48 bits per heavy atom. The summed E-state index contributed by atoms with van der Waals surface area (Å²) in [6.45, 7) is 14.0. The Hall–Kier alpha value is -3.47. The molecule has 1 aliphatic heterocycles. The Morgan fingerprint density at radius 1 is 1.19 bits per heavy atom. The number of ether oxygens (including phenoxy) is 2. The van der Waals surface area contributed by atoms with Gasteiger partial charge >= 0.3 is 12.1 Å². The van der Waals surface area contributed by atoms with Crippen molar-refractivity contribution in [3.05, 3.63) is 41.2 Å². The average Bonchev–Trinajstić information content (AvgIpc) is 3.31. The topological polar surface area (TPSA) is 127 Å². The fourth-order valence-corrected chi connectivity index (χ4v) is 5.37. The molecule has 2 aromatic rings. The van der Waals surface area contributed by atoms with E-state index in [9.17, 15) is 19.5 Å². The lowest BCUT2D eigenvalue weighted by Crippen LogP contribution is -2.60. The highest BCUT2D eigenvalue weighted by atomic mass is 16.6. The first-order chi connectivity index (χ1) is 19.7. The SMILES string of the molecule is COCCCCc1c(C(=O)N(CC(C)C)[C@@H]2CN(C(=O)OC(C)(C)C)C[C@](C)(C(=O)O)C2)nnn1-c1ccccc1C. The van der Waals surface area contributed by atoms with Gasteiger partial charge in [0.05, 0.1) is 22.8 Å². The van der Waals surface area contributed by atoms with Crippen LogP contribution in [-0.2, 0) is 20.7 Å². The number of benzene rings is 1. The summed E-state index contributed by atoms with van der Waals surface area (Å²) in [5.74, 6) is -1.27. The summed E-state index contributed by atoms with van der Waals surface area (Å²) in [5, 5.41) is 19.0. The molecule has 11 nitrogen and oxygen atoms in total. The fourth-order valence-electron chi connectivity index (χ4n) is 5.37. The number of hydrogen-bond donors (Lipinski definition) is 1. The van der Waals surface area contributed by atoms with E-state index in [0.29, 0.717) is 25.3 Å². The molecule has 2 amide bonds. The second-order valence-electron chi connectivity index (χ2n) is 13.0. The number of aliphatic carboxylic acids is 1. The molecule has 1 saturated heterocycles. The molecule has 0 saturated carbocycles. The molecule has 232 valence electrons. The average molecular weight is 586 g/mol. The third-order valence-electron chi connectivity index (χ3n) is 7.41. The number of methoxy groups -OCH3 is 1. The van der Waals surface area contributed by atoms with E-state index in [0.717, 1.165) is 24.1 Å². The van der Waals surface area contributed by atoms with Gasteiger partial charge in [0.1, 0.15) is 5.60 Å². The number of amides is 2. The minimum absolute atomic E-state index is 0.00826. The molecule has 11 heteroatoms. The zero-order chi connectivity index (χ0) is 31.2. The van der Waals surface area contributed by atoms with Crippen molar-refractivity contribution in [2.45, 2.75) is 85.8 Å². The maximum absolute atomic E-state index is 14.4. The van der Waals surface area contributed by atoms with Crippen LogP contribution in [0.25, 0.3) is 5.69 Å². The van der Waals surface area contributed by atoms with E-state index < -0.39 is 29.1 Å². The minimum Gasteiger partial charge on any atom is -0.481 e. The minimum atomic E-state index is -1.27.